The van der Waals surface area contributed by atoms with Gasteiger partial charge in [-0.1, -0.05) is 19.1 Å². The average Bonchev–Trinajstić information content (AvgIpc) is 2.45. The summed E-state index contributed by atoms with van der Waals surface area (Å²) < 4.78 is 0. The molecule has 2 rings (SSSR count). The SMILES string of the molecule is CC[C@H]1CN(C(C)=O)c2ccccc2NC1=O. The molecule has 4 heteroatoms. The highest BCUT2D eigenvalue weighted by molar-refractivity contribution is 6.03. The molecule has 2 amide bonds. The van der Waals surface area contributed by atoms with E-state index in [4.69, 9.17) is 0 Å². The van der Waals surface area contributed by atoms with Gasteiger partial charge in [-0.05, 0) is 18.6 Å². The molecule has 1 aromatic rings. The number of rotatable bonds is 1. The van der Waals surface area contributed by atoms with Gasteiger partial charge in [0.15, 0.2) is 0 Å². The van der Waals surface area contributed by atoms with Crippen molar-refractivity contribution in [3.8, 4) is 0 Å². The van der Waals surface area contributed by atoms with E-state index in [0.717, 1.165) is 12.1 Å². The van der Waals surface area contributed by atoms with Gasteiger partial charge in [0.1, 0.15) is 0 Å². The van der Waals surface area contributed by atoms with Gasteiger partial charge in [0.05, 0.1) is 17.3 Å². The normalized spacial score (nSPS) is 19.3. The van der Waals surface area contributed by atoms with E-state index in [-0.39, 0.29) is 17.7 Å². The molecule has 0 spiro atoms. The van der Waals surface area contributed by atoms with Gasteiger partial charge in [-0.3, -0.25) is 9.59 Å². The van der Waals surface area contributed by atoms with Gasteiger partial charge in [-0.25, -0.2) is 0 Å². The number of hydrogen-bond acceptors (Lipinski definition) is 2. The summed E-state index contributed by atoms with van der Waals surface area (Å²) >= 11 is 0. The van der Waals surface area contributed by atoms with Crippen LogP contribution < -0.4 is 10.2 Å². The van der Waals surface area contributed by atoms with E-state index in [1.54, 1.807) is 4.90 Å². The van der Waals surface area contributed by atoms with Crippen molar-refractivity contribution in [1.29, 1.82) is 0 Å². The van der Waals surface area contributed by atoms with Crippen LogP contribution in [0.5, 0.6) is 0 Å². The Kier molecular flexibility index (Phi) is 3.13. The molecule has 1 aliphatic heterocycles. The third kappa shape index (κ3) is 2.16. The first kappa shape index (κ1) is 11.6. The molecular formula is C13H16N2O2. The molecule has 0 bridgehead atoms. The van der Waals surface area contributed by atoms with Gasteiger partial charge in [-0.2, -0.15) is 0 Å². The van der Waals surface area contributed by atoms with Crippen LogP contribution in [-0.2, 0) is 9.59 Å². The van der Waals surface area contributed by atoms with Gasteiger partial charge >= 0.3 is 0 Å². The standard InChI is InChI=1S/C13H16N2O2/c1-3-10-8-15(9(2)16)12-7-5-4-6-11(12)14-13(10)17/h4-7,10H,3,8H2,1-2H3,(H,14,17)/t10-/m0/s1. The molecule has 90 valence electrons. The summed E-state index contributed by atoms with van der Waals surface area (Å²) in [7, 11) is 0. The van der Waals surface area contributed by atoms with Crippen molar-refractivity contribution >= 4 is 23.2 Å². The van der Waals surface area contributed by atoms with Crippen molar-refractivity contribution in [3.05, 3.63) is 24.3 Å². The molecule has 1 aliphatic rings. The lowest BCUT2D eigenvalue weighted by Crippen LogP contribution is -2.35. The number of benzene rings is 1. The highest BCUT2D eigenvalue weighted by Gasteiger charge is 2.28. The Morgan fingerprint density at radius 2 is 2.18 bits per heavy atom. The molecule has 1 heterocycles. The smallest absolute Gasteiger partial charge is 0.229 e. The van der Waals surface area contributed by atoms with Gasteiger partial charge in [0, 0.05) is 13.5 Å². The van der Waals surface area contributed by atoms with E-state index in [0.29, 0.717) is 12.2 Å². The van der Waals surface area contributed by atoms with Crippen LogP contribution in [0.2, 0.25) is 0 Å². The summed E-state index contributed by atoms with van der Waals surface area (Å²) in [5.74, 6) is -0.192. The van der Waals surface area contributed by atoms with Crippen LogP contribution in [0.4, 0.5) is 11.4 Å². The van der Waals surface area contributed by atoms with E-state index in [9.17, 15) is 9.59 Å². The Labute approximate surface area is 101 Å². The molecule has 0 fully saturated rings. The fourth-order valence-corrected chi connectivity index (χ4v) is 2.06. The van der Waals surface area contributed by atoms with Gasteiger partial charge in [-0.15, -0.1) is 0 Å². The Balaban J connectivity index is 2.45. The van der Waals surface area contributed by atoms with Gasteiger partial charge in [0.25, 0.3) is 0 Å². The van der Waals surface area contributed by atoms with Crippen molar-refractivity contribution in [3.63, 3.8) is 0 Å². The van der Waals surface area contributed by atoms with Crippen LogP contribution >= 0.6 is 0 Å². The summed E-state index contributed by atoms with van der Waals surface area (Å²) in [6.45, 7) is 3.94. The van der Waals surface area contributed by atoms with Crippen LogP contribution in [0.15, 0.2) is 24.3 Å². The fraction of sp³-hybridized carbons (Fsp3) is 0.385. The predicted octanol–water partition coefficient (Wildman–Crippen LogP) is 2.02. The predicted molar refractivity (Wildman–Crippen MR) is 66.9 cm³/mol. The second-order valence-electron chi connectivity index (χ2n) is 4.24. The minimum absolute atomic E-state index is 0.0105. The first-order valence-electron chi connectivity index (χ1n) is 5.81. The van der Waals surface area contributed by atoms with Gasteiger partial charge < -0.3 is 10.2 Å². The zero-order valence-electron chi connectivity index (χ0n) is 10.1. The Morgan fingerprint density at radius 3 is 2.82 bits per heavy atom. The van der Waals surface area contributed by atoms with Crippen molar-refractivity contribution in [2.75, 3.05) is 16.8 Å². The van der Waals surface area contributed by atoms with Crippen LogP contribution in [0.25, 0.3) is 0 Å². The molecular weight excluding hydrogens is 216 g/mol. The van der Waals surface area contributed by atoms with E-state index in [1.165, 1.54) is 6.92 Å². The van der Waals surface area contributed by atoms with E-state index in [2.05, 4.69) is 5.32 Å². The largest absolute Gasteiger partial charge is 0.324 e. The number of fused-ring (bicyclic) bond motifs is 1. The van der Waals surface area contributed by atoms with Gasteiger partial charge in [0.2, 0.25) is 11.8 Å². The Hall–Kier alpha value is -1.84. The Morgan fingerprint density at radius 1 is 1.47 bits per heavy atom. The van der Waals surface area contributed by atoms with E-state index < -0.39 is 0 Å². The van der Waals surface area contributed by atoms with Crippen LogP contribution in [-0.4, -0.2) is 18.4 Å². The number of para-hydroxylation sites is 2. The molecule has 17 heavy (non-hydrogen) atoms. The molecule has 0 radical (unpaired) electrons. The number of nitrogens with one attached hydrogen (secondary N) is 1. The third-order valence-corrected chi connectivity index (χ3v) is 3.10. The first-order chi connectivity index (χ1) is 8.13. The van der Waals surface area contributed by atoms with E-state index in [1.807, 2.05) is 31.2 Å². The molecule has 0 saturated carbocycles. The van der Waals surface area contributed by atoms with Crippen LogP contribution in [0, 0.1) is 5.92 Å². The molecule has 1 N–H and O–H groups in total. The number of carbonyl (C=O) groups is 2. The minimum Gasteiger partial charge on any atom is -0.324 e. The Bertz CT molecular complexity index is 456. The lowest BCUT2D eigenvalue weighted by atomic mass is 10.1. The van der Waals surface area contributed by atoms with Crippen molar-refractivity contribution < 1.29 is 9.59 Å². The quantitative estimate of drug-likeness (QED) is 0.805. The van der Waals surface area contributed by atoms with E-state index >= 15 is 0 Å². The minimum atomic E-state index is -0.147. The first-order valence-corrected chi connectivity index (χ1v) is 5.81. The second kappa shape index (κ2) is 4.57. The van der Waals surface area contributed by atoms with Crippen molar-refractivity contribution in [2.24, 2.45) is 5.92 Å². The van der Waals surface area contributed by atoms with Crippen molar-refractivity contribution in [2.45, 2.75) is 20.3 Å². The highest BCUT2D eigenvalue weighted by atomic mass is 16.2. The summed E-state index contributed by atoms with van der Waals surface area (Å²) in [4.78, 5) is 25.3. The summed E-state index contributed by atoms with van der Waals surface area (Å²) in [5.41, 5.74) is 1.49. The van der Waals surface area contributed by atoms with Crippen molar-refractivity contribution in [1.82, 2.24) is 0 Å². The highest BCUT2D eigenvalue weighted by Crippen LogP contribution is 2.30. The average molecular weight is 232 g/mol. The van der Waals surface area contributed by atoms with Crippen LogP contribution in [0.3, 0.4) is 0 Å². The maximum Gasteiger partial charge on any atom is 0.229 e. The molecule has 1 aromatic carbocycles. The molecule has 0 aliphatic carbocycles. The number of anilines is 2. The monoisotopic (exact) mass is 232 g/mol. The zero-order chi connectivity index (χ0) is 12.4. The molecule has 0 saturated heterocycles. The van der Waals surface area contributed by atoms with Crippen LogP contribution in [0.1, 0.15) is 20.3 Å². The topological polar surface area (TPSA) is 49.4 Å². The maximum atomic E-state index is 11.9. The molecule has 0 aromatic heterocycles. The number of carbonyl (C=O) groups excluding carboxylic acids is 2. The zero-order valence-corrected chi connectivity index (χ0v) is 10.1. The lowest BCUT2D eigenvalue weighted by Gasteiger charge is -2.22. The fourth-order valence-electron chi connectivity index (χ4n) is 2.06. The maximum absolute atomic E-state index is 11.9. The molecule has 1 atom stereocenters. The molecule has 0 unspecified atom stereocenters. The summed E-state index contributed by atoms with van der Waals surface area (Å²) in [5, 5.41) is 2.88. The molecule has 4 nitrogen and oxygen atoms in total. The third-order valence-electron chi connectivity index (χ3n) is 3.10. The summed E-state index contributed by atoms with van der Waals surface area (Å²) in [6.07, 6.45) is 0.726. The summed E-state index contributed by atoms with van der Waals surface area (Å²) in [6, 6.07) is 7.40. The lowest BCUT2D eigenvalue weighted by molar-refractivity contribution is -0.120. The number of amides is 2. The number of hydrogen-bond donors (Lipinski definition) is 1. The second-order valence-corrected chi connectivity index (χ2v) is 4.24. The number of nitrogens with zero attached hydrogens (tertiary/aromatic N) is 1.